The summed E-state index contributed by atoms with van der Waals surface area (Å²) in [6, 6.07) is 14.2. The van der Waals surface area contributed by atoms with Crippen molar-refractivity contribution in [1.29, 1.82) is 0 Å². The number of aromatic amines is 1. The summed E-state index contributed by atoms with van der Waals surface area (Å²) >= 11 is 0. The Hall–Kier alpha value is -1.65. The van der Waals surface area contributed by atoms with Gasteiger partial charge in [-0.15, -0.1) is 0 Å². The number of nitrogens with one attached hydrogen (secondary N) is 2. The first-order valence-electron chi connectivity index (χ1n) is 9.70. The number of H-pyrrole nitrogens is 1. The van der Waals surface area contributed by atoms with Crippen molar-refractivity contribution in [2.45, 2.75) is 51.7 Å². The van der Waals surface area contributed by atoms with Crippen LogP contribution in [0, 0.1) is 18.8 Å². The van der Waals surface area contributed by atoms with Gasteiger partial charge >= 0.3 is 0 Å². The van der Waals surface area contributed by atoms with Gasteiger partial charge in [-0.2, -0.15) is 5.10 Å². The van der Waals surface area contributed by atoms with Crippen molar-refractivity contribution in [3.05, 3.63) is 53.3 Å². The maximum Gasteiger partial charge on any atom is 0.0640 e. The minimum absolute atomic E-state index is 0.481. The van der Waals surface area contributed by atoms with Gasteiger partial charge in [0.15, 0.2) is 0 Å². The van der Waals surface area contributed by atoms with Crippen molar-refractivity contribution in [2.24, 2.45) is 11.8 Å². The van der Waals surface area contributed by atoms with E-state index < -0.39 is 0 Å². The molecule has 2 aromatic rings. The highest BCUT2D eigenvalue weighted by molar-refractivity contribution is 5.15. The van der Waals surface area contributed by atoms with E-state index in [1.807, 2.05) is 0 Å². The second-order valence-corrected chi connectivity index (χ2v) is 8.10. The first kappa shape index (κ1) is 16.8. The van der Waals surface area contributed by atoms with E-state index in [4.69, 9.17) is 0 Å². The molecule has 2 fully saturated rings. The van der Waals surface area contributed by atoms with E-state index in [1.165, 1.54) is 37.2 Å². The Morgan fingerprint density at radius 1 is 1.24 bits per heavy atom. The van der Waals surface area contributed by atoms with Gasteiger partial charge in [-0.25, -0.2) is 0 Å². The van der Waals surface area contributed by atoms with E-state index in [0.717, 1.165) is 30.5 Å². The van der Waals surface area contributed by atoms with E-state index in [1.54, 1.807) is 0 Å². The lowest BCUT2D eigenvalue weighted by Gasteiger charge is -2.25. The van der Waals surface area contributed by atoms with Crippen LogP contribution in [-0.4, -0.2) is 40.3 Å². The number of fused-ring (bicyclic) bond motifs is 1. The molecule has 4 rings (SSSR count). The molecule has 25 heavy (non-hydrogen) atoms. The lowest BCUT2D eigenvalue weighted by molar-refractivity contribution is 0.282. The molecule has 2 N–H and O–H groups in total. The van der Waals surface area contributed by atoms with Crippen molar-refractivity contribution >= 4 is 0 Å². The average Bonchev–Trinajstić information content (AvgIpc) is 3.27. The molecule has 2 aliphatic rings. The Bertz CT molecular complexity index is 680. The van der Waals surface area contributed by atoms with Crippen LogP contribution in [0.5, 0.6) is 0 Å². The summed E-state index contributed by atoms with van der Waals surface area (Å²) in [6.45, 7) is 7.98. The summed E-state index contributed by atoms with van der Waals surface area (Å²) in [4.78, 5) is 2.65. The predicted octanol–water partition coefficient (Wildman–Crippen LogP) is 3.15. The van der Waals surface area contributed by atoms with Gasteiger partial charge in [-0.3, -0.25) is 10.00 Å². The number of likely N-dealkylation sites (tertiary alicyclic amines) is 1. The molecule has 0 spiro atoms. The van der Waals surface area contributed by atoms with Gasteiger partial charge in [0.05, 0.1) is 5.69 Å². The predicted molar refractivity (Wildman–Crippen MR) is 101 cm³/mol. The quantitative estimate of drug-likeness (QED) is 0.850. The molecule has 1 aromatic carbocycles. The van der Waals surface area contributed by atoms with Gasteiger partial charge < -0.3 is 5.32 Å². The second-order valence-electron chi connectivity index (χ2n) is 8.10. The van der Waals surface area contributed by atoms with Crippen LogP contribution in [0.25, 0.3) is 0 Å². The van der Waals surface area contributed by atoms with Crippen molar-refractivity contribution < 1.29 is 0 Å². The molecule has 1 saturated heterocycles. The van der Waals surface area contributed by atoms with Gasteiger partial charge in [0.1, 0.15) is 0 Å². The van der Waals surface area contributed by atoms with Gasteiger partial charge in [-0.05, 0) is 50.2 Å². The van der Waals surface area contributed by atoms with Crippen LogP contribution < -0.4 is 5.32 Å². The fourth-order valence-electron chi connectivity index (χ4n) is 4.85. The normalized spacial score (nSPS) is 27.5. The van der Waals surface area contributed by atoms with Crippen LogP contribution in [0.2, 0.25) is 0 Å². The molecule has 4 heteroatoms. The molecule has 0 unspecified atom stereocenters. The first-order chi connectivity index (χ1) is 12.2. The van der Waals surface area contributed by atoms with Crippen molar-refractivity contribution in [3.63, 3.8) is 0 Å². The van der Waals surface area contributed by atoms with E-state index in [0.29, 0.717) is 12.1 Å². The molecule has 134 valence electrons. The summed E-state index contributed by atoms with van der Waals surface area (Å²) in [5.41, 5.74) is 3.76. The third-order valence-electron chi connectivity index (χ3n) is 5.95. The van der Waals surface area contributed by atoms with E-state index in [2.05, 4.69) is 70.7 Å². The maximum absolute atomic E-state index is 4.38. The maximum atomic E-state index is 4.38. The Morgan fingerprint density at radius 2 is 2.08 bits per heavy atom. The largest absolute Gasteiger partial charge is 0.311 e. The Labute approximate surface area is 151 Å². The average molecular weight is 338 g/mol. The van der Waals surface area contributed by atoms with Gasteiger partial charge in [0.25, 0.3) is 0 Å². The highest BCUT2D eigenvalue weighted by Gasteiger charge is 2.42. The van der Waals surface area contributed by atoms with Crippen LogP contribution in [0.15, 0.2) is 36.4 Å². The molecule has 0 bridgehead atoms. The van der Waals surface area contributed by atoms with Gasteiger partial charge in [0, 0.05) is 43.8 Å². The number of rotatable bonds is 6. The molecule has 0 radical (unpaired) electrons. The minimum Gasteiger partial charge on any atom is -0.311 e. The molecular weight excluding hydrogens is 308 g/mol. The molecule has 4 atom stereocenters. The fraction of sp³-hybridized carbons (Fsp3) is 0.571. The highest BCUT2D eigenvalue weighted by atomic mass is 15.2. The standard InChI is InChI=1S/C21H30N4/c1-15(10-19-11-16(2)23-24-19)22-21-9-8-18-13-25(14-20(18)21)12-17-6-4-3-5-7-17/h3-7,11,15,18,20-22H,8-10,12-14H2,1-2H3,(H,23,24)/t15-,18+,20+,21+/m0/s1. The van der Waals surface area contributed by atoms with Crippen LogP contribution in [-0.2, 0) is 13.0 Å². The highest BCUT2D eigenvalue weighted by Crippen LogP contribution is 2.38. The first-order valence-corrected chi connectivity index (χ1v) is 9.70. The number of hydrogen-bond acceptors (Lipinski definition) is 3. The summed E-state index contributed by atoms with van der Waals surface area (Å²) in [6.07, 6.45) is 3.71. The van der Waals surface area contributed by atoms with Crippen LogP contribution >= 0.6 is 0 Å². The van der Waals surface area contributed by atoms with Crippen LogP contribution in [0.1, 0.15) is 36.7 Å². The SMILES string of the molecule is Cc1cc(C[C@H](C)N[C@@H]2CC[C@@H]3CN(Cc4ccccc4)C[C@H]32)n[nH]1. The number of hydrogen-bond donors (Lipinski definition) is 2. The van der Waals surface area contributed by atoms with Crippen molar-refractivity contribution in [3.8, 4) is 0 Å². The van der Waals surface area contributed by atoms with Crippen molar-refractivity contribution in [1.82, 2.24) is 20.4 Å². The fourth-order valence-corrected chi connectivity index (χ4v) is 4.85. The van der Waals surface area contributed by atoms with Gasteiger partial charge in [0.2, 0.25) is 0 Å². The smallest absolute Gasteiger partial charge is 0.0640 e. The summed E-state index contributed by atoms with van der Waals surface area (Å²) in [7, 11) is 0. The zero-order chi connectivity index (χ0) is 17.2. The van der Waals surface area contributed by atoms with Gasteiger partial charge in [-0.1, -0.05) is 30.3 Å². The Morgan fingerprint density at radius 3 is 2.84 bits per heavy atom. The number of benzene rings is 1. The van der Waals surface area contributed by atoms with Crippen LogP contribution in [0.3, 0.4) is 0 Å². The van der Waals surface area contributed by atoms with E-state index in [-0.39, 0.29) is 0 Å². The van der Waals surface area contributed by atoms with E-state index >= 15 is 0 Å². The summed E-state index contributed by atoms with van der Waals surface area (Å²) in [5.74, 6) is 1.69. The van der Waals surface area contributed by atoms with Crippen LogP contribution in [0.4, 0.5) is 0 Å². The molecule has 1 saturated carbocycles. The second kappa shape index (κ2) is 7.30. The lowest BCUT2D eigenvalue weighted by atomic mass is 9.97. The molecule has 1 aromatic heterocycles. The summed E-state index contributed by atoms with van der Waals surface area (Å²) in [5, 5.41) is 11.3. The topological polar surface area (TPSA) is 44.0 Å². The molecule has 0 amide bonds. The Balaban J connectivity index is 1.30. The Kier molecular flexibility index (Phi) is 4.91. The summed E-state index contributed by atoms with van der Waals surface area (Å²) < 4.78 is 0. The van der Waals surface area contributed by atoms with E-state index in [9.17, 15) is 0 Å². The lowest BCUT2D eigenvalue weighted by Crippen LogP contribution is -2.41. The third kappa shape index (κ3) is 3.96. The molecule has 1 aliphatic carbocycles. The molecule has 4 nitrogen and oxygen atoms in total. The zero-order valence-electron chi connectivity index (χ0n) is 15.4. The van der Waals surface area contributed by atoms with Crippen molar-refractivity contribution in [2.75, 3.05) is 13.1 Å². The monoisotopic (exact) mass is 338 g/mol. The molecule has 2 heterocycles. The number of aromatic nitrogens is 2. The number of aryl methyl sites for hydroxylation is 1. The molecule has 1 aliphatic heterocycles. The third-order valence-corrected chi connectivity index (χ3v) is 5.95. The molecular formula is C21H30N4. The minimum atomic E-state index is 0.481. The number of nitrogens with zero attached hydrogens (tertiary/aromatic N) is 2. The zero-order valence-corrected chi connectivity index (χ0v) is 15.4.